The van der Waals surface area contributed by atoms with E-state index in [0.29, 0.717) is 18.4 Å². The van der Waals surface area contributed by atoms with E-state index >= 15 is 0 Å². The molecule has 0 spiro atoms. The molecular weight excluding hydrogens is 191 g/mol. The topological polar surface area (TPSA) is 17.1 Å². The van der Waals surface area contributed by atoms with Crippen LogP contribution in [0.2, 0.25) is 0 Å². The third kappa shape index (κ3) is 3.15. The fourth-order valence-electron chi connectivity index (χ4n) is 1.07. The van der Waals surface area contributed by atoms with Gasteiger partial charge in [-0.25, -0.2) is 0 Å². The zero-order valence-electron chi connectivity index (χ0n) is 7.09. The van der Waals surface area contributed by atoms with E-state index in [2.05, 4.69) is 0 Å². The van der Waals surface area contributed by atoms with Crippen LogP contribution in [0.5, 0.6) is 0 Å². The number of carbonyl (C=O) groups is 1. The minimum absolute atomic E-state index is 0.309. The summed E-state index contributed by atoms with van der Waals surface area (Å²) in [6.07, 6.45) is 1.22. The Balaban J connectivity index is 2.64. The number of carbonyl (C=O) groups excluding carboxylic acids is 1. The van der Waals surface area contributed by atoms with Crippen molar-refractivity contribution in [3.63, 3.8) is 0 Å². The van der Waals surface area contributed by atoms with Crippen LogP contribution in [0.1, 0.15) is 22.3 Å². The van der Waals surface area contributed by atoms with E-state index < -0.39 is 5.24 Å². The molecule has 0 N–H and O–H groups in total. The predicted molar refractivity (Wildman–Crippen MR) is 50.9 cm³/mol. The average Bonchev–Trinajstić information content (AvgIpc) is 2.15. The standard InChI is InChI=1S/C10H10ClFO/c11-10(13)9-5-3-8(4-6-9)2-1-7-12/h3-6H,1-2,7H2. The Hall–Kier alpha value is -0.890. The van der Waals surface area contributed by atoms with Gasteiger partial charge in [-0.1, -0.05) is 12.1 Å². The lowest BCUT2D eigenvalue weighted by molar-refractivity contribution is 0.108. The fourth-order valence-corrected chi connectivity index (χ4v) is 1.20. The van der Waals surface area contributed by atoms with Crippen LogP contribution in [-0.4, -0.2) is 11.9 Å². The monoisotopic (exact) mass is 200 g/mol. The highest BCUT2D eigenvalue weighted by Crippen LogP contribution is 2.08. The normalized spacial score (nSPS) is 10.0. The Labute approximate surface area is 81.5 Å². The van der Waals surface area contributed by atoms with Crippen LogP contribution >= 0.6 is 11.6 Å². The fraction of sp³-hybridized carbons (Fsp3) is 0.300. The predicted octanol–water partition coefficient (Wildman–Crippen LogP) is 2.97. The number of rotatable bonds is 4. The molecule has 1 aromatic carbocycles. The summed E-state index contributed by atoms with van der Waals surface area (Å²) in [5.74, 6) is 0. The highest BCUT2D eigenvalue weighted by molar-refractivity contribution is 6.67. The van der Waals surface area contributed by atoms with Crippen LogP contribution in [0.3, 0.4) is 0 Å². The smallest absolute Gasteiger partial charge is 0.252 e. The molecule has 0 radical (unpaired) electrons. The van der Waals surface area contributed by atoms with E-state index in [1.807, 2.05) is 0 Å². The number of hydrogen-bond acceptors (Lipinski definition) is 1. The molecule has 0 fully saturated rings. The molecule has 70 valence electrons. The summed E-state index contributed by atoms with van der Waals surface area (Å²) < 4.78 is 11.8. The molecule has 0 aliphatic carbocycles. The number of alkyl halides is 1. The third-order valence-electron chi connectivity index (χ3n) is 1.78. The quantitative estimate of drug-likeness (QED) is 0.683. The Morgan fingerprint density at radius 1 is 1.31 bits per heavy atom. The number of benzene rings is 1. The minimum atomic E-state index is -0.461. The van der Waals surface area contributed by atoms with Crippen LogP contribution in [0.15, 0.2) is 24.3 Å². The van der Waals surface area contributed by atoms with Gasteiger partial charge in [-0.05, 0) is 42.1 Å². The molecule has 0 heterocycles. The third-order valence-corrected chi connectivity index (χ3v) is 2.00. The van der Waals surface area contributed by atoms with E-state index in [4.69, 9.17) is 11.6 Å². The molecule has 0 unspecified atom stereocenters. The maximum Gasteiger partial charge on any atom is 0.252 e. The molecule has 0 aromatic heterocycles. The van der Waals surface area contributed by atoms with Crippen LogP contribution < -0.4 is 0 Å². The second-order valence-corrected chi connectivity index (χ2v) is 3.11. The Bertz CT molecular complexity index is 281. The van der Waals surface area contributed by atoms with Gasteiger partial charge >= 0.3 is 0 Å². The van der Waals surface area contributed by atoms with Crippen molar-refractivity contribution in [3.05, 3.63) is 35.4 Å². The molecule has 1 nitrogen and oxygen atoms in total. The minimum Gasteiger partial charge on any atom is -0.276 e. The Morgan fingerprint density at radius 2 is 1.92 bits per heavy atom. The summed E-state index contributed by atoms with van der Waals surface area (Å²) in [6, 6.07) is 6.91. The van der Waals surface area contributed by atoms with Gasteiger partial charge in [0, 0.05) is 5.56 Å². The maximum atomic E-state index is 11.8. The highest BCUT2D eigenvalue weighted by Gasteiger charge is 2.00. The van der Waals surface area contributed by atoms with E-state index in [0.717, 1.165) is 5.56 Å². The number of aryl methyl sites for hydroxylation is 1. The van der Waals surface area contributed by atoms with Crippen LogP contribution in [0.4, 0.5) is 4.39 Å². The lowest BCUT2D eigenvalue weighted by atomic mass is 10.1. The van der Waals surface area contributed by atoms with Gasteiger partial charge in [-0.2, -0.15) is 0 Å². The van der Waals surface area contributed by atoms with Crippen molar-refractivity contribution in [3.8, 4) is 0 Å². The van der Waals surface area contributed by atoms with Crippen molar-refractivity contribution in [2.45, 2.75) is 12.8 Å². The first kappa shape index (κ1) is 10.2. The first-order valence-corrected chi connectivity index (χ1v) is 4.46. The molecule has 0 aliphatic heterocycles. The van der Waals surface area contributed by atoms with Crippen molar-refractivity contribution in [1.29, 1.82) is 0 Å². The zero-order chi connectivity index (χ0) is 9.68. The van der Waals surface area contributed by atoms with Crippen molar-refractivity contribution < 1.29 is 9.18 Å². The second kappa shape index (κ2) is 4.97. The summed E-state index contributed by atoms with van der Waals surface area (Å²) >= 11 is 5.26. The summed E-state index contributed by atoms with van der Waals surface area (Å²) in [5.41, 5.74) is 1.50. The summed E-state index contributed by atoms with van der Waals surface area (Å²) in [4.78, 5) is 10.7. The van der Waals surface area contributed by atoms with E-state index in [1.165, 1.54) is 0 Å². The number of hydrogen-bond donors (Lipinski definition) is 0. The van der Waals surface area contributed by atoms with Gasteiger partial charge in [0.05, 0.1) is 6.67 Å². The van der Waals surface area contributed by atoms with Gasteiger partial charge in [0.25, 0.3) is 5.24 Å². The van der Waals surface area contributed by atoms with Crippen molar-refractivity contribution >= 4 is 16.8 Å². The van der Waals surface area contributed by atoms with Gasteiger partial charge < -0.3 is 0 Å². The van der Waals surface area contributed by atoms with Gasteiger partial charge in [-0.15, -0.1) is 0 Å². The van der Waals surface area contributed by atoms with Crippen molar-refractivity contribution in [1.82, 2.24) is 0 Å². The summed E-state index contributed by atoms with van der Waals surface area (Å²) in [5, 5.41) is -0.461. The molecule has 3 heteroatoms. The molecule has 1 rings (SSSR count). The first-order valence-electron chi connectivity index (χ1n) is 4.09. The lowest BCUT2D eigenvalue weighted by Crippen LogP contribution is -1.91. The van der Waals surface area contributed by atoms with Crippen LogP contribution in [-0.2, 0) is 6.42 Å². The molecular formula is C10H10ClFO. The van der Waals surface area contributed by atoms with Crippen molar-refractivity contribution in [2.24, 2.45) is 0 Å². The maximum absolute atomic E-state index is 11.8. The molecule has 0 amide bonds. The summed E-state index contributed by atoms with van der Waals surface area (Å²) in [7, 11) is 0. The lowest BCUT2D eigenvalue weighted by Gasteiger charge is -1.99. The molecule has 0 bridgehead atoms. The van der Waals surface area contributed by atoms with Gasteiger partial charge in [-0.3, -0.25) is 9.18 Å². The molecule has 0 saturated carbocycles. The van der Waals surface area contributed by atoms with E-state index in [-0.39, 0.29) is 6.67 Å². The SMILES string of the molecule is O=C(Cl)c1ccc(CCCF)cc1. The molecule has 13 heavy (non-hydrogen) atoms. The second-order valence-electron chi connectivity index (χ2n) is 2.76. The zero-order valence-corrected chi connectivity index (χ0v) is 7.85. The highest BCUT2D eigenvalue weighted by atomic mass is 35.5. The van der Waals surface area contributed by atoms with Gasteiger partial charge in [0.15, 0.2) is 0 Å². The van der Waals surface area contributed by atoms with Gasteiger partial charge in [0.1, 0.15) is 0 Å². The van der Waals surface area contributed by atoms with E-state index in [1.54, 1.807) is 24.3 Å². The van der Waals surface area contributed by atoms with Gasteiger partial charge in [0.2, 0.25) is 0 Å². The van der Waals surface area contributed by atoms with Crippen LogP contribution in [0, 0.1) is 0 Å². The molecule has 0 atom stereocenters. The molecule has 1 aromatic rings. The largest absolute Gasteiger partial charge is 0.276 e. The molecule has 0 saturated heterocycles. The van der Waals surface area contributed by atoms with Crippen molar-refractivity contribution in [2.75, 3.05) is 6.67 Å². The Kier molecular flexibility index (Phi) is 3.90. The van der Waals surface area contributed by atoms with Crippen LogP contribution in [0.25, 0.3) is 0 Å². The Morgan fingerprint density at radius 3 is 2.38 bits per heavy atom. The molecule has 0 aliphatic rings. The first-order chi connectivity index (χ1) is 6.24. The van der Waals surface area contributed by atoms with E-state index in [9.17, 15) is 9.18 Å². The summed E-state index contributed by atoms with van der Waals surface area (Å²) in [6.45, 7) is -0.309. The average molecular weight is 201 g/mol. The number of halogens is 2.